The van der Waals surface area contributed by atoms with Gasteiger partial charge in [0.25, 0.3) is 11.8 Å². The van der Waals surface area contributed by atoms with Crippen molar-refractivity contribution in [3.8, 4) is 23.4 Å². The van der Waals surface area contributed by atoms with E-state index < -0.39 is 0 Å². The van der Waals surface area contributed by atoms with E-state index in [0.29, 0.717) is 30.5 Å². The van der Waals surface area contributed by atoms with Gasteiger partial charge in [-0.05, 0) is 31.4 Å². The van der Waals surface area contributed by atoms with E-state index >= 15 is 0 Å². The Bertz CT molecular complexity index is 699. The smallest absolute Gasteiger partial charge is 0.298 e. The first kappa shape index (κ1) is 13.3. The van der Waals surface area contributed by atoms with Gasteiger partial charge in [0.2, 0.25) is 0 Å². The predicted octanol–water partition coefficient (Wildman–Crippen LogP) is 1.47. The fourth-order valence-electron chi connectivity index (χ4n) is 2.34. The van der Waals surface area contributed by atoms with Crippen LogP contribution in [0.4, 0.5) is 0 Å². The van der Waals surface area contributed by atoms with E-state index in [1.165, 1.54) is 0 Å². The first-order valence-electron chi connectivity index (χ1n) is 6.74. The van der Waals surface area contributed by atoms with E-state index in [1.54, 1.807) is 18.0 Å². The van der Waals surface area contributed by atoms with Gasteiger partial charge in [0.05, 0.1) is 0 Å². The molecule has 1 fully saturated rings. The van der Waals surface area contributed by atoms with E-state index in [-0.39, 0.29) is 11.8 Å². The molecule has 0 saturated carbocycles. The van der Waals surface area contributed by atoms with Gasteiger partial charge in [-0.1, -0.05) is 17.1 Å². The monoisotopic (exact) mass is 282 g/mol. The third-order valence-electron chi connectivity index (χ3n) is 3.40. The molecule has 2 aromatic heterocycles. The Morgan fingerprint density at radius 3 is 3.14 bits per heavy atom. The minimum Gasteiger partial charge on any atom is -0.332 e. The molecule has 1 amide bonds. The summed E-state index contributed by atoms with van der Waals surface area (Å²) in [7, 11) is 0. The predicted molar refractivity (Wildman–Crippen MR) is 74.9 cm³/mol. The number of pyridine rings is 1. The van der Waals surface area contributed by atoms with Crippen LogP contribution in [-0.4, -0.2) is 39.0 Å². The van der Waals surface area contributed by atoms with Crippen molar-refractivity contribution in [2.45, 2.75) is 19.3 Å². The molecule has 0 radical (unpaired) electrons. The van der Waals surface area contributed by atoms with Crippen LogP contribution in [0.1, 0.15) is 25.1 Å². The number of hydrogen-bond donors (Lipinski definition) is 0. The Kier molecular flexibility index (Phi) is 3.65. The normalized spacial score (nSPS) is 17.4. The van der Waals surface area contributed by atoms with Crippen LogP contribution in [0.25, 0.3) is 11.6 Å². The van der Waals surface area contributed by atoms with Crippen molar-refractivity contribution < 1.29 is 9.32 Å². The van der Waals surface area contributed by atoms with Crippen LogP contribution in [0.5, 0.6) is 0 Å². The lowest BCUT2D eigenvalue weighted by atomic mass is 10.1. The van der Waals surface area contributed by atoms with Crippen molar-refractivity contribution in [3.05, 3.63) is 30.2 Å². The van der Waals surface area contributed by atoms with E-state index in [2.05, 4.69) is 27.0 Å². The first-order valence-corrected chi connectivity index (χ1v) is 6.74. The summed E-state index contributed by atoms with van der Waals surface area (Å²) in [5, 5.41) is 4.01. The topological polar surface area (TPSA) is 72.1 Å². The van der Waals surface area contributed by atoms with Crippen LogP contribution >= 0.6 is 0 Å². The molecule has 1 saturated heterocycles. The highest BCUT2D eigenvalue weighted by atomic mass is 16.5. The highest BCUT2D eigenvalue weighted by molar-refractivity contribution is 5.93. The number of aromatic nitrogens is 3. The maximum Gasteiger partial charge on any atom is 0.298 e. The second kappa shape index (κ2) is 5.75. The molecular weight excluding hydrogens is 268 g/mol. The molecule has 1 aliphatic rings. The minimum atomic E-state index is -0.145. The van der Waals surface area contributed by atoms with E-state index in [0.717, 1.165) is 6.42 Å². The highest BCUT2D eigenvalue weighted by Crippen LogP contribution is 2.26. The van der Waals surface area contributed by atoms with Gasteiger partial charge in [0.15, 0.2) is 5.82 Å². The van der Waals surface area contributed by atoms with Gasteiger partial charge < -0.3 is 9.42 Å². The average Bonchev–Trinajstić information content (AvgIpc) is 3.17. The molecule has 3 heterocycles. The van der Waals surface area contributed by atoms with Crippen LogP contribution in [0.2, 0.25) is 0 Å². The number of amides is 1. The van der Waals surface area contributed by atoms with Gasteiger partial charge in [-0.2, -0.15) is 4.98 Å². The van der Waals surface area contributed by atoms with Crippen molar-refractivity contribution in [1.82, 2.24) is 20.0 Å². The number of rotatable bonds is 2. The zero-order chi connectivity index (χ0) is 14.7. The van der Waals surface area contributed by atoms with Crippen LogP contribution in [0, 0.1) is 11.8 Å². The molecule has 0 aromatic carbocycles. The largest absolute Gasteiger partial charge is 0.332 e. The molecule has 106 valence electrons. The number of nitrogens with zero attached hydrogens (tertiary/aromatic N) is 4. The fraction of sp³-hybridized carbons (Fsp3) is 0.333. The van der Waals surface area contributed by atoms with E-state index in [4.69, 9.17) is 4.52 Å². The second-order valence-electron chi connectivity index (χ2n) is 4.78. The van der Waals surface area contributed by atoms with Crippen LogP contribution in [0.3, 0.4) is 0 Å². The van der Waals surface area contributed by atoms with Gasteiger partial charge in [0, 0.05) is 25.2 Å². The van der Waals surface area contributed by atoms with Crippen molar-refractivity contribution in [1.29, 1.82) is 0 Å². The quantitative estimate of drug-likeness (QED) is 0.780. The first-order chi connectivity index (χ1) is 10.3. The maximum absolute atomic E-state index is 11.7. The Hall–Kier alpha value is -2.68. The van der Waals surface area contributed by atoms with Gasteiger partial charge in [-0.15, -0.1) is 0 Å². The third-order valence-corrected chi connectivity index (χ3v) is 3.40. The van der Waals surface area contributed by atoms with E-state index in [1.807, 2.05) is 18.2 Å². The summed E-state index contributed by atoms with van der Waals surface area (Å²) in [6.07, 6.45) is 2.50. The Morgan fingerprint density at radius 2 is 2.38 bits per heavy atom. The number of likely N-dealkylation sites (tertiary alicyclic amines) is 1. The molecule has 0 spiro atoms. The Morgan fingerprint density at radius 1 is 1.48 bits per heavy atom. The van der Waals surface area contributed by atoms with Gasteiger partial charge in [-0.3, -0.25) is 9.78 Å². The Labute approximate surface area is 122 Å². The van der Waals surface area contributed by atoms with Crippen LogP contribution in [0.15, 0.2) is 28.9 Å². The molecule has 0 aliphatic carbocycles. The summed E-state index contributed by atoms with van der Waals surface area (Å²) >= 11 is 0. The summed E-state index contributed by atoms with van der Waals surface area (Å²) in [6.45, 7) is 2.91. The molecule has 0 bridgehead atoms. The van der Waals surface area contributed by atoms with Crippen molar-refractivity contribution in [2.24, 2.45) is 0 Å². The standard InChI is InChI=1S/C15H14N4O2/c1-2-5-13(20)19-9-7-11(10-19)14-17-15(21-18-14)12-6-3-4-8-16-12/h3-4,6,8,11H,7,9-10H2,1H3. The average molecular weight is 282 g/mol. The molecule has 1 atom stereocenters. The molecule has 1 unspecified atom stereocenters. The fourth-order valence-corrected chi connectivity index (χ4v) is 2.34. The van der Waals surface area contributed by atoms with E-state index in [9.17, 15) is 4.79 Å². The Balaban J connectivity index is 1.73. The van der Waals surface area contributed by atoms with Gasteiger partial charge in [-0.25, -0.2) is 0 Å². The summed E-state index contributed by atoms with van der Waals surface area (Å²) in [4.78, 5) is 22.0. The lowest BCUT2D eigenvalue weighted by Gasteiger charge is -2.11. The molecular formula is C15H14N4O2. The molecule has 3 rings (SSSR count). The third kappa shape index (κ3) is 2.77. The minimum absolute atomic E-state index is 0.0915. The summed E-state index contributed by atoms with van der Waals surface area (Å²) < 4.78 is 5.25. The second-order valence-corrected chi connectivity index (χ2v) is 4.78. The summed E-state index contributed by atoms with van der Waals surface area (Å²) in [5.41, 5.74) is 0.652. The van der Waals surface area contributed by atoms with Crippen LogP contribution < -0.4 is 0 Å². The zero-order valence-electron chi connectivity index (χ0n) is 11.6. The molecule has 21 heavy (non-hydrogen) atoms. The number of carbonyl (C=O) groups is 1. The maximum atomic E-state index is 11.7. The lowest BCUT2D eigenvalue weighted by molar-refractivity contribution is -0.124. The number of hydrogen-bond acceptors (Lipinski definition) is 5. The van der Waals surface area contributed by atoms with Crippen molar-refractivity contribution in [2.75, 3.05) is 13.1 Å². The van der Waals surface area contributed by atoms with Gasteiger partial charge in [0.1, 0.15) is 5.69 Å². The van der Waals surface area contributed by atoms with Crippen molar-refractivity contribution in [3.63, 3.8) is 0 Å². The molecule has 1 aliphatic heterocycles. The SMILES string of the molecule is CC#CC(=O)N1CCC(c2noc(-c3ccccn3)n2)C1. The summed E-state index contributed by atoms with van der Waals surface area (Å²) in [6, 6.07) is 5.51. The molecule has 2 aromatic rings. The van der Waals surface area contributed by atoms with Crippen LogP contribution in [-0.2, 0) is 4.79 Å². The lowest BCUT2D eigenvalue weighted by Crippen LogP contribution is -2.27. The molecule has 0 N–H and O–H groups in total. The van der Waals surface area contributed by atoms with Crippen molar-refractivity contribution >= 4 is 5.91 Å². The molecule has 6 heteroatoms. The summed E-state index contributed by atoms with van der Waals surface area (Å²) in [5.74, 6) is 6.15. The highest BCUT2D eigenvalue weighted by Gasteiger charge is 2.30. The van der Waals surface area contributed by atoms with Gasteiger partial charge >= 0.3 is 0 Å². The zero-order valence-corrected chi connectivity index (χ0v) is 11.6. The number of carbonyl (C=O) groups excluding carboxylic acids is 1. The molecule has 6 nitrogen and oxygen atoms in total.